The van der Waals surface area contributed by atoms with Crippen LogP contribution in [0.3, 0.4) is 0 Å². The van der Waals surface area contributed by atoms with Gasteiger partial charge in [0, 0.05) is 16.7 Å². The monoisotopic (exact) mass is 200 g/mol. The minimum atomic E-state index is 0.717. The van der Waals surface area contributed by atoms with Crippen molar-refractivity contribution in [1.29, 1.82) is 0 Å². The summed E-state index contributed by atoms with van der Waals surface area (Å²) in [6, 6.07) is 5.53. The number of halogens is 1. The van der Waals surface area contributed by atoms with E-state index in [2.05, 4.69) is 15.9 Å². The van der Waals surface area contributed by atoms with Gasteiger partial charge in [-0.25, -0.2) is 0 Å². The summed E-state index contributed by atoms with van der Waals surface area (Å²) in [6.07, 6.45) is 0. The second-order valence-corrected chi connectivity index (χ2v) is 2.70. The van der Waals surface area contributed by atoms with E-state index in [4.69, 9.17) is 11.5 Å². The Bertz CT molecular complexity index is 215. The highest BCUT2D eigenvalue weighted by Crippen LogP contribution is 2.15. The maximum atomic E-state index is 5.53. The quantitative estimate of drug-likeness (QED) is 0.537. The molecule has 0 aliphatic carbocycles. The van der Waals surface area contributed by atoms with Gasteiger partial charge in [0.25, 0.3) is 0 Å². The molecule has 0 saturated heterocycles. The minimum Gasteiger partial charge on any atom is -0.399 e. The Kier molecular flexibility index (Phi) is 2.17. The number of hydrogen-bond donors (Lipinski definition) is 2. The van der Waals surface area contributed by atoms with Crippen LogP contribution in [0.1, 0.15) is 5.56 Å². The second kappa shape index (κ2) is 2.92. The van der Waals surface area contributed by atoms with Crippen LogP contribution < -0.4 is 11.5 Å². The fourth-order valence-electron chi connectivity index (χ4n) is 0.823. The van der Waals surface area contributed by atoms with E-state index in [1.54, 1.807) is 6.07 Å². The Labute approximate surface area is 68.3 Å². The van der Waals surface area contributed by atoms with Gasteiger partial charge < -0.3 is 11.5 Å². The molecule has 0 aliphatic rings. The van der Waals surface area contributed by atoms with Crippen LogP contribution in [0.4, 0.5) is 11.4 Å². The molecule has 0 atom stereocenters. The van der Waals surface area contributed by atoms with Gasteiger partial charge in [0.2, 0.25) is 0 Å². The van der Waals surface area contributed by atoms with Crippen LogP contribution in [0.15, 0.2) is 18.2 Å². The van der Waals surface area contributed by atoms with Crippen molar-refractivity contribution in [3.63, 3.8) is 0 Å². The number of rotatable bonds is 1. The first-order valence-electron chi connectivity index (χ1n) is 2.93. The molecule has 1 aromatic rings. The van der Waals surface area contributed by atoms with Gasteiger partial charge in [-0.1, -0.05) is 15.9 Å². The van der Waals surface area contributed by atoms with Crippen LogP contribution >= 0.6 is 15.9 Å². The molecule has 0 aromatic heterocycles. The van der Waals surface area contributed by atoms with Gasteiger partial charge in [-0.3, -0.25) is 0 Å². The van der Waals surface area contributed by atoms with Gasteiger partial charge in [0.05, 0.1) is 0 Å². The zero-order valence-electron chi connectivity index (χ0n) is 5.47. The Morgan fingerprint density at radius 2 is 1.60 bits per heavy atom. The van der Waals surface area contributed by atoms with Gasteiger partial charge in [-0.2, -0.15) is 0 Å². The summed E-state index contributed by atoms with van der Waals surface area (Å²) in [4.78, 5) is 0. The Balaban J connectivity index is 3.06. The molecule has 2 nitrogen and oxygen atoms in total. The Morgan fingerprint density at radius 3 is 2.00 bits per heavy atom. The van der Waals surface area contributed by atoms with Gasteiger partial charge in [0.1, 0.15) is 0 Å². The molecule has 1 aromatic carbocycles. The second-order valence-electron chi connectivity index (χ2n) is 2.14. The van der Waals surface area contributed by atoms with Crippen molar-refractivity contribution in [3.05, 3.63) is 23.8 Å². The van der Waals surface area contributed by atoms with Crippen LogP contribution in [0.25, 0.3) is 0 Å². The molecule has 54 valence electrons. The fraction of sp³-hybridized carbons (Fsp3) is 0.143. The van der Waals surface area contributed by atoms with E-state index in [-0.39, 0.29) is 0 Å². The summed E-state index contributed by atoms with van der Waals surface area (Å²) in [6.45, 7) is 0. The lowest BCUT2D eigenvalue weighted by Crippen LogP contribution is -1.91. The number of anilines is 2. The number of benzene rings is 1. The number of hydrogen-bond acceptors (Lipinski definition) is 2. The SMILES string of the molecule is Nc1cc(N)cc(CBr)c1. The third-order valence-corrected chi connectivity index (χ3v) is 1.84. The predicted octanol–water partition coefficient (Wildman–Crippen LogP) is 1.75. The standard InChI is InChI=1S/C7H9BrN2/c8-4-5-1-6(9)3-7(10)2-5/h1-3H,4,9-10H2. The molecule has 0 radical (unpaired) electrons. The van der Waals surface area contributed by atoms with Crippen molar-refractivity contribution in [3.8, 4) is 0 Å². The van der Waals surface area contributed by atoms with E-state index in [0.29, 0.717) is 0 Å². The molecule has 0 heterocycles. The summed E-state index contributed by atoms with van der Waals surface area (Å²) in [5, 5.41) is 0.794. The van der Waals surface area contributed by atoms with Crippen LogP contribution in [0.5, 0.6) is 0 Å². The van der Waals surface area contributed by atoms with E-state index >= 15 is 0 Å². The van der Waals surface area contributed by atoms with Crippen LogP contribution in [0, 0.1) is 0 Å². The summed E-state index contributed by atoms with van der Waals surface area (Å²) in [5.74, 6) is 0. The number of alkyl halides is 1. The number of nitrogens with two attached hydrogens (primary N) is 2. The van der Waals surface area contributed by atoms with Gasteiger partial charge in [-0.05, 0) is 23.8 Å². The van der Waals surface area contributed by atoms with Crippen LogP contribution in [0.2, 0.25) is 0 Å². The summed E-state index contributed by atoms with van der Waals surface area (Å²) < 4.78 is 0. The van der Waals surface area contributed by atoms with Crippen molar-refractivity contribution in [2.24, 2.45) is 0 Å². The first-order chi connectivity index (χ1) is 4.72. The molecule has 10 heavy (non-hydrogen) atoms. The number of nitrogen functional groups attached to an aromatic ring is 2. The predicted molar refractivity (Wildman–Crippen MR) is 47.9 cm³/mol. The molecule has 3 heteroatoms. The highest BCUT2D eigenvalue weighted by atomic mass is 79.9. The maximum Gasteiger partial charge on any atom is 0.0337 e. The molecule has 0 aliphatic heterocycles. The Morgan fingerprint density at radius 1 is 1.10 bits per heavy atom. The van der Waals surface area contributed by atoms with Gasteiger partial charge >= 0.3 is 0 Å². The summed E-state index contributed by atoms with van der Waals surface area (Å²) in [7, 11) is 0. The zero-order chi connectivity index (χ0) is 7.56. The summed E-state index contributed by atoms with van der Waals surface area (Å²) >= 11 is 3.31. The Hall–Kier alpha value is -0.700. The largest absolute Gasteiger partial charge is 0.399 e. The molecule has 0 bridgehead atoms. The van der Waals surface area contributed by atoms with E-state index in [0.717, 1.165) is 22.3 Å². The lowest BCUT2D eigenvalue weighted by molar-refractivity contribution is 1.44. The fourth-order valence-corrected chi connectivity index (χ4v) is 1.15. The maximum absolute atomic E-state index is 5.53. The van der Waals surface area contributed by atoms with E-state index in [9.17, 15) is 0 Å². The van der Waals surface area contributed by atoms with Crippen molar-refractivity contribution < 1.29 is 0 Å². The van der Waals surface area contributed by atoms with Gasteiger partial charge in [0.15, 0.2) is 0 Å². The van der Waals surface area contributed by atoms with E-state index in [1.807, 2.05) is 12.1 Å². The third-order valence-electron chi connectivity index (χ3n) is 1.19. The molecule has 0 unspecified atom stereocenters. The molecular formula is C7H9BrN2. The first kappa shape index (κ1) is 7.41. The lowest BCUT2D eigenvalue weighted by Gasteiger charge is -1.99. The van der Waals surface area contributed by atoms with E-state index < -0.39 is 0 Å². The molecule has 1 rings (SSSR count). The van der Waals surface area contributed by atoms with Crippen LogP contribution in [-0.2, 0) is 5.33 Å². The highest BCUT2D eigenvalue weighted by Gasteiger charge is 1.92. The van der Waals surface area contributed by atoms with Crippen molar-refractivity contribution in [2.75, 3.05) is 11.5 Å². The highest BCUT2D eigenvalue weighted by molar-refractivity contribution is 9.08. The molecule has 0 spiro atoms. The molecular weight excluding hydrogens is 192 g/mol. The first-order valence-corrected chi connectivity index (χ1v) is 4.05. The van der Waals surface area contributed by atoms with Crippen molar-refractivity contribution >= 4 is 27.3 Å². The molecule has 4 N–H and O–H groups in total. The molecule has 0 fully saturated rings. The van der Waals surface area contributed by atoms with Crippen LogP contribution in [-0.4, -0.2) is 0 Å². The topological polar surface area (TPSA) is 52.0 Å². The minimum absolute atomic E-state index is 0.717. The lowest BCUT2D eigenvalue weighted by atomic mass is 10.2. The average Bonchev–Trinajstić information content (AvgIpc) is 1.85. The molecule has 0 saturated carbocycles. The molecule has 0 amide bonds. The normalized spacial score (nSPS) is 9.70. The summed E-state index contributed by atoms with van der Waals surface area (Å²) in [5.41, 5.74) is 13.6. The smallest absolute Gasteiger partial charge is 0.0337 e. The van der Waals surface area contributed by atoms with Crippen molar-refractivity contribution in [1.82, 2.24) is 0 Å². The van der Waals surface area contributed by atoms with Gasteiger partial charge in [-0.15, -0.1) is 0 Å². The van der Waals surface area contributed by atoms with E-state index in [1.165, 1.54) is 0 Å². The zero-order valence-corrected chi connectivity index (χ0v) is 7.06. The average molecular weight is 201 g/mol. The van der Waals surface area contributed by atoms with Crippen molar-refractivity contribution in [2.45, 2.75) is 5.33 Å². The third kappa shape index (κ3) is 1.64.